The lowest BCUT2D eigenvalue weighted by Crippen LogP contribution is -2.27. The molecule has 1 saturated heterocycles. The van der Waals surface area contributed by atoms with E-state index in [-0.39, 0.29) is 16.8 Å². The molecule has 6 heteroatoms. The Bertz CT molecular complexity index is 377. The second-order valence-electron chi connectivity index (χ2n) is 4.02. The van der Waals surface area contributed by atoms with Crippen LogP contribution in [0.1, 0.15) is 23.3 Å². The third-order valence-electron chi connectivity index (χ3n) is 2.73. The Morgan fingerprint density at radius 1 is 1.53 bits per heavy atom. The van der Waals surface area contributed by atoms with Gasteiger partial charge in [-0.1, -0.05) is 11.6 Å². The molecule has 1 atom stereocenters. The van der Waals surface area contributed by atoms with Gasteiger partial charge >= 0.3 is 0 Å². The lowest BCUT2D eigenvalue weighted by atomic mass is 10.1. The second-order valence-corrected chi connectivity index (χ2v) is 4.40. The van der Waals surface area contributed by atoms with Crippen molar-refractivity contribution in [1.82, 2.24) is 15.5 Å². The van der Waals surface area contributed by atoms with Gasteiger partial charge in [0.1, 0.15) is 0 Å². The Hall–Kier alpha value is -1.20. The van der Waals surface area contributed by atoms with Crippen molar-refractivity contribution in [2.45, 2.75) is 12.8 Å². The van der Waals surface area contributed by atoms with E-state index >= 15 is 0 Å². The van der Waals surface area contributed by atoms with Gasteiger partial charge in [-0.15, -0.1) is 10.2 Å². The number of nitrogens with zero attached hydrogens (tertiary/aromatic N) is 2. The summed E-state index contributed by atoms with van der Waals surface area (Å²) in [6.07, 6.45) is 2.02. The number of hydrogen-bond acceptors (Lipinski definition) is 4. The van der Waals surface area contributed by atoms with Gasteiger partial charge in [0.2, 0.25) is 0 Å². The molecule has 1 aromatic rings. The molecule has 1 N–H and O–H groups in total. The fourth-order valence-electron chi connectivity index (χ4n) is 1.73. The average molecular weight is 256 g/mol. The maximum atomic E-state index is 11.6. The van der Waals surface area contributed by atoms with Crippen LogP contribution >= 0.6 is 11.6 Å². The van der Waals surface area contributed by atoms with Crippen molar-refractivity contribution < 1.29 is 9.53 Å². The summed E-state index contributed by atoms with van der Waals surface area (Å²) in [5.41, 5.74) is 0.289. The second kappa shape index (κ2) is 5.93. The summed E-state index contributed by atoms with van der Waals surface area (Å²) < 4.78 is 5.26. The lowest BCUT2D eigenvalue weighted by Gasteiger charge is -2.08. The Morgan fingerprint density at radius 3 is 3.06 bits per heavy atom. The number of rotatable bonds is 4. The highest BCUT2D eigenvalue weighted by atomic mass is 35.5. The first kappa shape index (κ1) is 12.3. The minimum absolute atomic E-state index is 0.215. The van der Waals surface area contributed by atoms with Gasteiger partial charge in [-0.3, -0.25) is 4.79 Å². The summed E-state index contributed by atoms with van der Waals surface area (Å²) in [7, 11) is 0. The van der Waals surface area contributed by atoms with Crippen molar-refractivity contribution >= 4 is 17.5 Å². The van der Waals surface area contributed by atoms with E-state index < -0.39 is 0 Å². The third-order valence-corrected chi connectivity index (χ3v) is 2.93. The number of amides is 1. The summed E-state index contributed by atoms with van der Waals surface area (Å²) in [5, 5.41) is 10.4. The minimum Gasteiger partial charge on any atom is -0.381 e. The molecule has 5 nitrogen and oxygen atoms in total. The number of hydrogen-bond donors (Lipinski definition) is 1. The number of carbonyl (C=O) groups excluding carboxylic acids is 1. The Morgan fingerprint density at radius 2 is 2.41 bits per heavy atom. The quantitative estimate of drug-likeness (QED) is 0.881. The summed E-state index contributed by atoms with van der Waals surface area (Å²) in [6.45, 7) is 2.27. The molecule has 1 amide bonds. The zero-order valence-corrected chi connectivity index (χ0v) is 10.1. The molecule has 1 aliphatic rings. The largest absolute Gasteiger partial charge is 0.381 e. The van der Waals surface area contributed by atoms with Crippen molar-refractivity contribution in [3.8, 4) is 0 Å². The van der Waals surface area contributed by atoms with E-state index in [2.05, 4.69) is 15.5 Å². The van der Waals surface area contributed by atoms with Gasteiger partial charge in [0.25, 0.3) is 5.91 Å². The summed E-state index contributed by atoms with van der Waals surface area (Å²) in [4.78, 5) is 11.6. The lowest BCUT2D eigenvalue weighted by molar-refractivity contribution is 0.0944. The first-order valence-corrected chi connectivity index (χ1v) is 5.98. The van der Waals surface area contributed by atoms with E-state index in [0.717, 1.165) is 26.1 Å². The van der Waals surface area contributed by atoms with Crippen molar-refractivity contribution in [3.05, 3.63) is 23.0 Å². The fraction of sp³-hybridized carbons (Fsp3) is 0.545. The fourth-order valence-corrected chi connectivity index (χ4v) is 1.83. The van der Waals surface area contributed by atoms with Crippen molar-refractivity contribution in [3.63, 3.8) is 0 Å². The smallest absolute Gasteiger partial charge is 0.271 e. The molecule has 2 heterocycles. The van der Waals surface area contributed by atoms with Crippen LogP contribution in [0.4, 0.5) is 0 Å². The molecule has 0 aromatic carbocycles. The number of ether oxygens (including phenoxy) is 1. The SMILES string of the molecule is O=C(NCCC1CCOC1)c1ccc(Cl)nn1. The normalized spacial score (nSPS) is 19.2. The molecule has 0 radical (unpaired) electrons. The molecule has 92 valence electrons. The number of aromatic nitrogens is 2. The average Bonchev–Trinajstić information content (AvgIpc) is 2.83. The predicted molar refractivity (Wildman–Crippen MR) is 62.9 cm³/mol. The van der Waals surface area contributed by atoms with Gasteiger partial charge in [-0.25, -0.2) is 0 Å². The van der Waals surface area contributed by atoms with Gasteiger partial charge in [-0.05, 0) is 30.9 Å². The molecule has 0 saturated carbocycles. The molecule has 1 aromatic heterocycles. The molecule has 0 bridgehead atoms. The van der Waals surface area contributed by atoms with Crippen LogP contribution in [0.5, 0.6) is 0 Å². The highest BCUT2D eigenvalue weighted by molar-refractivity contribution is 6.29. The number of halogens is 1. The van der Waals surface area contributed by atoms with Crippen LogP contribution in [-0.2, 0) is 4.74 Å². The van der Waals surface area contributed by atoms with Crippen LogP contribution in [0.25, 0.3) is 0 Å². The van der Waals surface area contributed by atoms with Crippen LogP contribution in [0, 0.1) is 5.92 Å². The van der Waals surface area contributed by atoms with Crippen LogP contribution in [0.15, 0.2) is 12.1 Å². The summed E-state index contributed by atoms with van der Waals surface area (Å²) in [6, 6.07) is 3.11. The predicted octanol–water partition coefficient (Wildman–Crippen LogP) is 1.29. The van der Waals surface area contributed by atoms with Crippen molar-refractivity contribution in [2.24, 2.45) is 5.92 Å². The zero-order valence-electron chi connectivity index (χ0n) is 9.36. The molecule has 1 fully saturated rings. The Labute approximate surface area is 105 Å². The standard InChI is InChI=1S/C11H14ClN3O2/c12-10-2-1-9(14-15-10)11(16)13-5-3-8-4-6-17-7-8/h1-2,8H,3-7H2,(H,13,16). The van der Waals surface area contributed by atoms with Gasteiger partial charge in [0.15, 0.2) is 10.8 Å². The molecule has 0 aliphatic carbocycles. The van der Waals surface area contributed by atoms with E-state index in [9.17, 15) is 4.79 Å². The molecular weight excluding hydrogens is 242 g/mol. The highest BCUT2D eigenvalue weighted by Crippen LogP contribution is 2.15. The first-order valence-electron chi connectivity index (χ1n) is 5.61. The maximum Gasteiger partial charge on any atom is 0.271 e. The maximum absolute atomic E-state index is 11.6. The Kier molecular flexibility index (Phi) is 4.28. The van der Waals surface area contributed by atoms with Crippen LogP contribution in [0.2, 0.25) is 5.15 Å². The summed E-state index contributed by atoms with van der Waals surface area (Å²) >= 11 is 5.59. The minimum atomic E-state index is -0.215. The number of nitrogens with one attached hydrogen (secondary N) is 1. The van der Waals surface area contributed by atoms with E-state index in [4.69, 9.17) is 16.3 Å². The van der Waals surface area contributed by atoms with Crippen molar-refractivity contribution in [1.29, 1.82) is 0 Å². The van der Waals surface area contributed by atoms with Gasteiger partial charge in [0.05, 0.1) is 0 Å². The summed E-state index contributed by atoms with van der Waals surface area (Å²) in [5.74, 6) is 0.347. The van der Waals surface area contributed by atoms with Crippen LogP contribution < -0.4 is 5.32 Å². The van der Waals surface area contributed by atoms with E-state index in [1.807, 2.05) is 0 Å². The number of carbonyl (C=O) groups is 1. The van der Waals surface area contributed by atoms with E-state index in [0.29, 0.717) is 12.5 Å². The van der Waals surface area contributed by atoms with Gasteiger partial charge < -0.3 is 10.1 Å². The van der Waals surface area contributed by atoms with E-state index in [1.165, 1.54) is 0 Å². The highest BCUT2D eigenvalue weighted by Gasteiger charge is 2.15. The zero-order chi connectivity index (χ0) is 12.1. The molecule has 1 aliphatic heterocycles. The molecule has 2 rings (SSSR count). The molecule has 0 spiro atoms. The Balaban J connectivity index is 1.75. The molecule has 1 unspecified atom stereocenters. The van der Waals surface area contributed by atoms with Crippen molar-refractivity contribution in [2.75, 3.05) is 19.8 Å². The van der Waals surface area contributed by atoms with Crippen LogP contribution in [0.3, 0.4) is 0 Å². The third kappa shape index (κ3) is 3.64. The first-order chi connectivity index (χ1) is 8.25. The van der Waals surface area contributed by atoms with Crippen LogP contribution in [-0.4, -0.2) is 35.9 Å². The van der Waals surface area contributed by atoms with Gasteiger partial charge in [-0.2, -0.15) is 0 Å². The van der Waals surface area contributed by atoms with Gasteiger partial charge in [0, 0.05) is 19.8 Å². The molecular formula is C11H14ClN3O2. The monoisotopic (exact) mass is 255 g/mol. The molecule has 17 heavy (non-hydrogen) atoms. The topological polar surface area (TPSA) is 64.1 Å². The van der Waals surface area contributed by atoms with E-state index in [1.54, 1.807) is 12.1 Å².